The molecule has 24 heavy (non-hydrogen) atoms. The van der Waals surface area contributed by atoms with Crippen LogP contribution in [-0.2, 0) is 6.54 Å². The van der Waals surface area contributed by atoms with E-state index in [4.69, 9.17) is 4.52 Å². The molecule has 0 aliphatic carbocycles. The van der Waals surface area contributed by atoms with Crippen molar-refractivity contribution in [3.8, 4) is 11.4 Å². The average Bonchev–Trinajstić information content (AvgIpc) is 3.22. The minimum Gasteiger partial charge on any atom is -0.338 e. The van der Waals surface area contributed by atoms with Gasteiger partial charge in [0.15, 0.2) is 0 Å². The van der Waals surface area contributed by atoms with E-state index in [2.05, 4.69) is 15.5 Å². The molecule has 0 amide bonds. The molecule has 1 aromatic carbocycles. The van der Waals surface area contributed by atoms with E-state index in [1.54, 1.807) is 23.5 Å². The first kappa shape index (κ1) is 16.8. The molecular weight excluding hydrogens is 327 g/mol. The summed E-state index contributed by atoms with van der Waals surface area (Å²) >= 11 is 1.59. The third-order valence-electron chi connectivity index (χ3n) is 3.72. The lowest BCUT2D eigenvalue weighted by molar-refractivity contribution is 0.281. The van der Waals surface area contributed by atoms with Crippen LogP contribution in [0.5, 0.6) is 0 Å². The van der Waals surface area contributed by atoms with Gasteiger partial charge in [0.2, 0.25) is 11.7 Å². The van der Waals surface area contributed by atoms with E-state index < -0.39 is 0 Å². The lowest BCUT2D eigenvalue weighted by Gasteiger charge is -2.25. The van der Waals surface area contributed by atoms with Crippen LogP contribution in [0.15, 0.2) is 45.6 Å². The van der Waals surface area contributed by atoms with Crippen LogP contribution in [0.1, 0.15) is 17.5 Å². The molecule has 0 radical (unpaired) electrons. The first-order chi connectivity index (χ1) is 11.6. The third-order valence-corrected chi connectivity index (χ3v) is 4.40. The van der Waals surface area contributed by atoms with Gasteiger partial charge in [-0.15, -0.1) is 0 Å². The van der Waals surface area contributed by atoms with E-state index in [-0.39, 0.29) is 11.9 Å². The van der Waals surface area contributed by atoms with E-state index in [0.717, 1.165) is 11.1 Å². The molecule has 0 aliphatic heterocycles. The van der Waals surface area contributed by atoms with Crippen molar-refractivity contribution in [2.75, 3.05) is 20.6 Å². The maximum absolute atomic E-state index is 13.4. The smallest absolute Gasteiger partial charge is 0.240 e. The van der Waals surface area contributed by atoms with Crippen LogP contribution < -0.4 is 5.32 Å². The van der Waals surface area contributed by atoms with Crippen molar-refractivity contribution in [3.63, 3.8) is 0 Å². The fourth-order valence-corrected chi connectivity index (χ4v) is 3.10. The van der Waals surface area contributed by atoms with Gasteiger partial charge in [-0.05, 0) is 43.2 Å². The fourth-order valence-electron chi connectivity index (χ4n) is 2.46. The Morgan fingerprint density at radius 3 is 2.92 bits per heavy atom. The van der Waals surface area contributed by atoms with E-state index >= 15 is 0 Å². The first-order valence-corrected chi connectivity index (χ1v) is 8.55. The van der Waals surface area contributed by atoms with Gasteiger partial charge in [0.1, 0.15) is 5.82 Å². The molecule has 0 unspecified atom stereocenters. The van der Waals surface area contributed by atoms with E-state index in [1.165, 1.54) is 6.07 Å². The summed E-state index contributed by atoms with van der Waals surface area (Å²) in [6.45, 7) is 1.11. The normalized spacial score (nSPS) is 12.7. The Bertz CT molecular complexity index is 773. The van der Waals surface area contributed by atoms with E-state index in [1.807, 2.05) is 41.9 Å². The van der Waals surface area contributed by atoms with Gasteiger partial charge in [0.05, 0.1) is 6.54 Å². The minimum absolute atomic E-state index is 0.0555. The standard InChI is InChI=1S/C17H19FN4OS/c1-22(2)15(12-4-3-5-14(18)8-12)9-19-10-16-20-17(21-23-16)13-6-7-24-11-13/h3-8,11,15,19H,9-10H2,1-2H3/t15-/m0/s1. The number of nitrogens with one attached hydrogen (secondary N) is 1. The Morgan fingerprint density at radius 1 is 1.33 bits per heavy atom. The van der Waals surface area contributed by atoms with Crippen molar-refractivity contribution >= 4 is 11.3 Å². The SMILES string of the molecule is CN(C)[C@@H](CNCc1nc(-c2ccsc2)no1)c1cccc(F)c1. The molecule has 0 aliphatic rings. The molecule has 3 aromatic rings. The number of likely N-dealkylation sites (N-methyl/N-ethyl adjacent to an activating group) is 1. The van der Waals surface area contributed by atoms with Crippen molar-refractivity contribution in [3.05, 3.63) is 58.4 Å². The van der Waals surface area contributed by atoms with Crippen molar-refractivity contribution in [2.45, 2.75) is 12.6 Å². The zero-order valence-electron chi connectivity index (χ0n) is 13.6. The summed E-state index contributed by atoms with van der Waals surface area (Å²) in [5, 5.41) is 11.2. The number of hydrogen-bond acceptors (Lipinski definition) is 6. The van der Waals surface area contributed by atoms with Gasteiger partial charge in [-0.2, -0.15) is 16.3 Å². The summed E-state index contributed by atoms with van der Waals surface area (Å²) in [5.41, 5.74) is 1.89. The van der Waals surface area contributed by atoms with Crippen LogP contribution in [0.3, 0.4) is 0 Å². The molecule has 0 bridgehead atoms. The van der Waals surface area contributed by atoms with Crippen LogP contribution in [0.2, 0.25) is 0 Å². The Kier molecular flexibility index (Phi) is 5.34. The van der Waals surface area contributed by atoms with Crippen molar-refractivity contribution in [1.82, 2.24) is 20.4 Å². The van der Waals surface area contributed by atoms with Crippen molar-refractivity contribution in [2.24, 2.45) is 0 Å². The molecule has 126 valence electrons. The fraction of sp³-hybridized carbons (Fsp3) is 0.294. The maximum Gasteiger partial charge on any atom is 0.240 e. The van der Waals surface area contributed by atoms with Gasteiger partial charge >= 0.3 is 0 Å². The molecule has 7 heteroatoms. The molecule has 0 spiro atoms. The first-order valence-electron chi connectivity index (χ1n) is 7.61. The molecule has 2 aromatic heterocycles. The van der Waals surface area contributed by atoms with E-state index in [9.17, 15) is 4.39 Å². The quantitative estimate of drug-likeness (QED) is 0.711. The number of rotatable bonds is 7. The van der Waals surface area contributed by atoms with Gasteiger partial charge in [0, 0.05) is 23.5 Å². The molecule has 0 saturated carbocycles. The Morgan fingerprint density at radius 2 is 2.21 bits per heavy atom. The molecule has 2 heterocycles. The molecule has 3 rings (SSSR count). The lowest BCUT2D eigenvalue weighted by Crippen LogP contribution is -2.31. The highest BCUT2D eigenvalue weighted by Gasteiger charge is 2.15. The zero-order chi connectivity index (χ0) is 16.9. The third kappa shape index (κ3) is 4.05. The predicted molar refractivity (Wildman–Crippen MR) is 92.1 cm³/mol. The predicted octanol–water partition coefficient (Wildman–Crippen LogP) is 3.33. The molecule has 0 fully saturated rings. The number of benzene rings is 1. The summed E-state index contributed by atoms with van der Waals surface area (Å²) in [6.07, 6.45) is 0. The van der Waals surface area contributed by atoms with Gasteiger partial charge in [-0.1, -0.05) is 17.3 Å². The Balaban J connectivity index is 1.60. The second kappa shape index (κ2) is 7.65. The minimum atomic E-state index is -0.225. The highest BCUT2D eigenvalue weighted by atomic mass is 32.1. The number of halogens is 1. The number of thiophene rings is 1. The molecule has 0 saturated heterocycles. The molecule has 5 nitrogen and oxygen atoms in total. The van der Waals surface area contributed by atoms with Crippen molar-refractivity contribution in [1.29, 1.82) is 0 Å². The second-order valence-corrected chi connectivity index (χ2v) is 6.47. The van der Waals surface area contributed by atoms with E-state index in [0.29, 0.717) is 24.8 Å². The van der Waals surface area contributed by atoms with Crippen LogP contribution >= 0.6 is 11.3 Å². The molecule has 1 atom stereocenters. The Labute approximate surface area is 144 Å². The molecule has 1 N–H and O–H groups in total. The number of aromatic nitrogens is 2. The van der Waals surface area contributed by atoms with Crippen LogP contribution in [0.25, 0.3) is 11.4 Å². The van der Waals surface area contributed by atoms with Crippen LogP contribution in [0.4, 0.5) is 4.39 Å². The summed E-state index contributed by atoms with van der Waals surface area (Å²) in [6, 6.07) is 8.68. The van der Waals surface area contributed by atoms with Gasteiger partial charge in [0.25, 0.3) is 0 Å². The van der Waals surface area contributed by atoms with Crippen LogP contribution in [0, 0.1) is 5.82 Å². The Hall–Kier alpha value is -2.09. The highest BCUT2D eigenvalue weighted by molar-refractivity contribution is 7.08. The van der Waals surface area contributed by atoms with Gasteiger partial charge < -0.3 is 14.7 Å². The topological polar surface area (TPSA) is 54.2 Å². The number of hydrogen-bond donors (Lipinski definition) is 1. The highest BCUT2D eigenvalue weighted by Crippen LogP contribution is 2.20. The number of nitrogens with zero attached hydrogens (tertiary/aromatic N) is 3. The van der Waals surface area contributed by atoms with Crippen LogP contribution in [-0.4, -0.2) is 35.7 Å². The van der Waals surface area contributed by atoms with Crippen molar-refractivity contribution < 1.29 is 8.91 Å². The second-order valence-electron chi connectivity index (χ2n) is 5.69. The van der Waals surface area contributed by atoms with Gasteiger partial charge in [-0.25, -0.2) is 4.39 Å². The lowest BCUT2D eigenvalue weighted by atomic mass is 10.1. The summed E-state index contributed by atoms with van der Waals surface area (Å²) in [4.78, 5) is 6.42. The largest absolute Gasteiger partial charge is 0.338 e. The zero-order valence-corrected chi connectivity index (χ0v) is 14.4. The molecular formula is C17H19FN4OS. The summed E-state index contributed by atoms with van der Waals surface area (Å²) in [5.74, 6) is 0.909. The average molecular weight is 346 g/mol. The van der Waals surface area contributed by atoms with Gasteiger partial charge in [-0.3, -0.25) is 0 Å². The summed E-state index contributed by atoms with van der Waals surface area (Å²) in [7, 11) is 3.94. The maximum atomic E-state index is 13.4. The monoisotopic (exact) mass is 346 g/mol. The summed E-state index contributed by atoms with van der Waals surface area (Å²) < 4.78 is 18.7.